The van der Waals surface area contributed by atoms with Gasteiger partial charge in [-0.1, -0.05) is 31.7 Å². The highest BCUT2D eigenvalue weighted by molar-refractivity contribution is 5.82. The van der Waals surface area contributed by atoms with E-state index in [4.69, 9.17) is 11.0 Å². The lowest BCUT2D eigenvalue weighted by Crippen LogP contribution is -2.00. The van der Waals surface area contributed by atoms with Gasteiger partial charge in [-0.25, -0.2) is 0 Å². The van der Waals surface area contributed by atoms with Crippen LogP contribution >= 0.6 is 0 Å². The summed E-state index contributed by atoms with van der Waals surface area (Å²) in [7, 11) is 0. The molecule has 0 fully saturated rings. The van der Waals surface area contributed by atoms with Crippen LogP contribution in [0.3, 0.4) is 0 Å². The van der Waals surface area contributed by atoms with Crippen molar-refractivity contribution in [2.75, 3.05) is 6.54 Å². The first-order valence-corrected chi connectivity index (χ1v) is 8.72. The summed E-state index contributed by atoms with van der Waals surface area (Å²) in [6.07, 6.45) is 7.11. The average Bonchev–Trinajstić information content (AvgIpc) is 3.34. The Morgan fingerprint density at radius 1 is 0.889 bits per heavy atom. The molecule has 0 unspecified atom stereocenters. The zero-order valence-corrected chi connectivity index (χ0v) is 14.6. The number of hydrogen-bond donors (Lipinski definition) is 3. The van der Waals surface area contributed by atoms with Gasteiger partial charge < -0.3 is 5.73 Å². The van der Waals surface area contributed by atoms with Crippen LogP contribution in [0.25, 0.3) is 21.8 Å². The van der Waals surface area contributed by atoms with Gasteiger partial charge in [0.2, 0.25) is 0 Å². The summed E-state index contributed by atoms with van der Waals surface area (Å²) in [5.41, 5.74) is 10.1. The van der Waals surface area contributed by atoms with Crippen LogP contribution < -0.4 is 5.73 Å². The molecule has 4 rings (SSSR count). The van der Waals surface area contributed by atoms with Gasteiger partial charge in [0.1, 0.15) is 0 Å². The highest BCUT2D eigenvalue weighted by Crippen LogP contribution is 2.17. The molecule has 4 aromatic rings. The van der Waals surface area contributed by atoms with Gasteiger partial charge in [-0.05, 0) is 49.1 Å². The molecule has 0 aliphatic rings. The first-order valence-electron chi connectivity index (χ1n) is 8.72. The summed E-state index contributed by atoms with van der Waals surface area (Å²) in [6, 6.07) is 14.4. The number of hydrogen-bond acceptors (Lipinski definition) is 4. The van der Waals surface area contributed by atoms with Crippen molar-refractivity contribution in [3.8, 4) is 6.07 Å². The number of benzene rings is 2. The van der Waals surface area contributed by atoms with Gasteiger partial charge in [0.25, 0.3) is 0 Å². The zero-order chi connectivity index (χ0) is 18.2. The van der Waals surface area contributed by atoms with Crippen molar-refractivity contribution >= 4 is 21.8 Å². The van der Waals surface area contributed by atoms with E-state index >= 15 is 0 Å². The summed E-state index contributed by atoms with van der Waals surface area (Å²) in [5.74, 6) is 0. The van der Waals surface area contributed by atoms with Crippen LogP contribution in [0.4, 0.5) is 0 Å². The van der Waals surface area contributed by atoms with Crippen LogP contribution in [0, 0.1) is 11.3 Å². The number of nitriles is 1. The smallest absolute Gasteiger partial charge is 0.0653 e. The van der Waals surface area contributed by atoms with E-state index in [9.17, 15) is 0 Å². The van der Waals surface area contributed by atoms with E-state index in [0.29, 0.717) is 6.42 Å². The third kappa shape index (κ3) is 4.93. The molecule has 0 atom stereocenters. The molecule has 0 saturated carbocycles. The first kappa shape index (κ1) is 20.1. The Hall–Kier alpha value is -3.17. The van der Waals surface area contributed by atoms with Crippen molar-refractivity contribution in [1.29, 1.82) is 5.26 Å². The molecule has 6 heteroatoms. The van der Waals surface area contributed by atoms with Gasteiger partial charge in [-0.15, -0.1) is 0 Å². The Kier molecular flexibility index (Phi) is 7.53. The molecule has 0 aliphatic carbocycles. The molecule has 0 aliphatic heterocycles. The third-order valence-corrected chi connectivity index (χ3v) is 4.31. The molecule has 4 N–H and O–H groups in total. The first-order chi connectivity index (χ1) is 12.8. The number of aromatic amines is 2. The largest absolute Gasteiger partial charge is 0.330 e. The van der Waals surface area contributed by atoms with E-state index in [1.165, 1.54) is 16.5 Å². The minimum absolute atomic E-state index is 0. The van der Waals surface area contributed by atoms with E-state index in [2.05, 4.69) is 32.5 Å². The van der Waals surface area contributed by atoms with Crippen LogP contribution in [0.5, 0.6) is 0 Å². The molecule has 140 valence electrons. The molecule has 6 nitrogen and oxygen atoms in total. The number of nitrogens with one attached hydrogen (secondary N) is 2. The van der Waals surface area contributed by atoms with Crippen molar-refractivity contribution in [3.63, 3.8) is 0 Å². The molecule has 2 aromatic carbocycles. The molecule has 2 aromatic heterocycles. The molecule has 0 bridgehead atoms. The lowest BCUT2D eigenvalue weighted by molar-refractivity contribution is 0.837. The fourth-order valence-corrected chi connectivity index (χ4v) is 2.98. The number of H-pyrrole nitrogens is 2. The molecule has 0 spiro atoms. The Morgan fingerprint density at radius 2 is 1.44 bits per heavy atom. The highest BCUT2D eigenvalue weighted by Gasteiger charge is 2.01. The summed E-state index contributed by atoms with van der Waals surface area (Å²) < 4.78 is 0. The summed E-state index contributed by atoms with van der Waals surface area (Å²) in [5, 5.41) is 24.7. The monoisotopic (exact) mass is 362 g/mol. The maximum absolute atomic E-state index is 8.48. The Morgan fingerprint density at radius 3 is 1.96 bits per heavy atom. The average molecular weight is 362 g/mol. The van der Waals surface area contributed by atoms with Crippen LogP contribution in [0.2, 0.25) is 0 Å². The van der Waals surface area contributed by atoms with Crippen molar-refractivity contribution < 1.29 is 0 Å². The van der Waals surface area contributed by atoms with Crippen molar-refractivity contribution in [2.24, 2.45) is 5.73 Å². The Balaban J connectivity index is 0.000000187. The van der Waals surface area contributed by atoms with Crippen LogP contribution in [0.15, 0.2) is 48.8 Å². The molecule has 0 saturated heterocycles. The SMILES string of the molecule is C.N#CCCc1cccc2[nH]ncc12.NCCCc1cccc2[nH]ncc12. The van der Waals surface area contributed by atoms with E-state index < -0.39 is 0 Å². The number of nitrogens with two attached hydrogens (primary N) is 1. The normalized spacial score (nSPS) is 10.1. The van der Waals surface area contributed by atoms with Crippen LogP contribution in [-0.4, -0.2) is 26.9 Å². The second-order valence-corrected chi connectivity index (χ2v) is 6.05. The third-order valence-electron chi connectivity index (χ3n) is 4.31. The number of aryl methyl sites for hydroxylation is 2. The van der Waals surface area contributed by atoms with Crippen molar-refractivity contribution in [2.45, 2.75) is 33.1 Å². The van der Waals surface area contributed by atoms with Gasteiger partial charge in [-0.3, -0.25) is 10.2 Å². The van der Waals surface area contributed by atoms with Crippen molar-refractivity contribution in [3.05, 3.63) is 59.9 Å². The quantitative estimate of drug-likeness (QED) is 0.496. The number of aromatic nitrogens is 4. The predicted octanol–water partition coefficient (Wildman–Crippen LogP) is 4.11. The van der Waals surface area contributed by atoms with E-state index in [0.717, 1.165) is 42.2 Å². The number of nitrogens with zero attached hydrogens (tertiary/aromatic N) is 3. The fraction of sp³-hybridized carbons (Fsp3) is 0.286. The summed E-state index contributed by atoms with van der Waals surface area (Å²) in [4.78, 5) is 0. The van der Waals surface area contributed by atoms with Crippen molar-refractivity contribution in [1.82, 2.24) is 20.4 Å². The maximum atomic E-state index is 8.48. The van der Waals surface area contributed by atoms with Gasteiger partial charge in [-0.2, -0.15) is 15.5 Å². The van der Waals surface area contributed by atoms with E-state index in [1.54, 1.807) is 0 Å². The number of fused-ring (bicyclic) bond motifs is 2. The van der Waals surface area contributed by atoms with Crippen LogP contribution in [-0.2, 0) is 12.8 Å². The van der Waals surface area contributed by atoms with Gasteiger partial charge in [0, 0.05) is 17.2 Å². The maximum Gasteiger partial charge on any atom is 0.0653 e. The molecule has 0 radical (unpaired) electrons. The molecule has 27 heavy (non-hydrogen) atoms. The van der Waals surface area contributed by atoms with E-state index in [1.807, 2.05) is 42.7 Å². The minimum atomic E-state index is 0. The lowest BCUT2D eigenvalue weighted by Gasteiger charge is -2.00. The van der Waals surface area contributed by atoms with Gasteiger partial charge in [0.05, 0.1) is 29.5 Å². The highest BCUT2D eigenvalue weighted by atomic mass is 15.1. The van der Waals surface area contributed by atoms with E-state index in [-0.39, 0.29) is 7.43 Å². The molecular weight excluding hydrogens is 336 g/mol. The summed E-state index contributed by atoms with van der Waals surface area (Å²) in [6.45, 7) is 0.744. The van der Waals surface area contributed by atoms with Gasteiger partial charge >= 0.3 is 0 Å². The minimum Gasteiger partial charge on any atom is -0.330 e. The fourth-order valence-electron chi connectivity index (χ4n) is 2.98. The zero-order valence-electron chi connectivity index (χ0n) is 14.6. The molecular formula is C21H26N6. The Labute approximate surface area is 159 Å². The topological polar surface area (TPSA) is 107 Å². The second-order valence-electron chi connectivity index (χ2n) is 6.05. The Bertz CT molecular complexity index is 1010. The van der Waals surface area contributed by atoms with Gasteiger partial charge in [0.15, 0.2) is 0 Å². The lowest BCUT2D eigenvalue weighted by atomic mass is 10.1. The standard InChI is InChI=1S/C10H13N3.C10H9N3.CH4/c2*11-6-2-4-8-3-1-5-10-9(8)7-12-13-10;/h1,3,5,7H,2,4,6,11H2,(H,12,13);1,3,5,7H,2,4H2,(H,12,13);1H4. The van der Waals surface area contributed by atoms with Crippen LogP contribution in [0.1, 0.15) is 31.4 Å². The molecule has 2 heterocycles. The predicted molar refractivity (Wildman–Crippen MR) is 110 cm³/mol. The number of rotatable bonds is 5. The second kappa shape index (κ2) is 10.1. The molecule has 0 amide bonds. The summed E-state index contributed by atoms with van der Waals surface area (Å²) >= 11 is 0.